The van der Waals surface area contributed by atoms with Crippen LogP contribution in [0.4, 0.5) is 0 Å². The lowest BCUT2D eigenvalue weighted by atomic mass is 10.2. The highest BCUT2D eigenvalue weighted by Crippen LogP contribution is 2.21. The molecule has 0 fully saturated rings. The van der Waals surface area contributed by atoms with Gasteiger partial charge in [-0.25, -0.2) is 5.43 Å². The summed E-state index contributed by atoms with van der Waals surface area (Å²) in [5.41, 5.74) is 4.32. The predicted octanol–water partition coefficient (Wildman–Crippen LogP) is 3.30. The smallest absolute Gasteiger partial charge is 0.277 e. The Labute approximate surface area is 143 Å². The summed E-state index contributed by atoms with van der Waals surface area (Å²) in [4.78, 5) is 11.7. The Hall–Kier alpha value is -2.34. The van der Waals surface area contributed by atoms with Gasteiger partial charge >= 0.3 is 0 Å². The molecule has 2 rings (SSSR count). The summed E-state index contributed by atoms with van der Waals surface area (Å²) < 4.78 is 11.5. The molecule has 0 bridgehead atoms. The van der Waals surface area contributed by atoms with Gasteiger partial charge in [-0.1, -0.05) is 15.9 Å². The van der Waals surface area contributed by atoms with Crippen molar-refractivity contribution in [3.05, 3.63) is 58.1 Å². The molecule has 0 aromatic heterocycles. The van der Waals surface area contributed by atoms with Gasteiger partial charge in [0.1, 0.15) is 11.5 Å². The molecular formula is C17H17BrN2O3. The first kappa shape index (κ1) is 17.0. The van der Waals surface area contributed by atoms with Crippen molar-refractivity contribution in [2.75, 3.05) is 13.7 Å². The molecule has 0 unspecified atom stereocenters. The third kappa shape index (κ3) is 5.41. The van der Waals surface area contributed by atoms with Crippen molar-refractivity contribution >= 4 is 28.1 Å². The number of amides is 1. The average Bonchev–Trinajstić information content (AvgIpc) is 2.56. The molecule has 0 saturated carbocycles. The Balaban J connectivity index is 1.79. The molecule has 0 aliphatic rings. The van der Waals surface area contributed by atoms with Crippen molar-refractivity contribution in [2.24, 2.45) is 5.10 Å². The number of nitrogens with zero attached hydrogens (tertiary/aromatic N) is 1. The number of hydrogen-bond donors (Lipinski definition) is 1. The first-order valence-corrected chi connectivity index (χ1v) is 7.72. The molecule has 2 aromatic rings. The number of hydrogen-bond acceptors (Lipinski definition) is 4. The Morgan fingerprint density at radius 2 is 1.91 bits per heavy atom. The number of nitrogens with one attached hydrogen (secondary N) is 1. The van der Waals surface area contributed by atoms with Gasteiger partial charge in [-0.05, 0) is 60.5 Å². The van der Waals surface area contributed by atoms with Crippen LogP contribution >= 0.6 is 15.9 Å². The van der Waals surface area contributed by atoms with Crippen molar-refractivity contribution in [1.82, 2.24) is 5.43 Å². The fourth-order valence-electron chi connectivity index (χ4n) is 1.76. The number of carbonyl (C=O) groups excluding carboxylic acids is 1. The Bertz CT molecular complexity index is 699. The highest BCUT2D eigenvalue weighted by Gasteiger charge is 2.03. The van der Waals surface area contributed by atoms with E-state index in [-0.39, 0.29) is 12.5 Å². The van der Waals surface area contributed by atoms with Gasteiger partial charge in [-0.15, -0.1) is 0 Å². The van der Waals surface area contributed by atoms with Gasteiger partial charge in [-0.3, -0.25) is 4.79 Å². The van der Waals surface area contributed by atoms with Crippen LogP contribution in [0.5, 0.6) is 11.5 Å². The number of aryl methyl sites for hydroxylation is 1. The quantitative estimate of drug-likeness (QED) is 0.621. The molecule has 2 aromatic carbocycles. The fraction of sp³-hybridized carbons (Fsp3) is 0.176. The number of halogens is 1. The van der Waals surface area contributed by atoms with Crippen LogP contribution in [0.25, 0.3) is 0 Å². The summed E-state index contributed by atoms with van der Waals surface area (Å²) in [5, 5.41) is 3.89. The van der Waals surface area contributed by atoms with Gasteiger partial charge in [0, 0.05) is 4.47 Å². The van der Waals surface area contributed by atoms with Gasteiger partial charge in [0.05, 0.1) is 13.3 Å². The molecule has 0 heterocycles. The van der Waals surface area contributed by atoms with Gasteiger partial charge in [0.15, 0.2) is 6.61 Å². The van der Waals surface area contributed by atoms with Crippen molar-refractivity contribution in [1.29, 1.82) is 0 Å². The summed E-state index contributed by atoms with van der Waals surface area (Å²) in [7, 11) is 1.61. The fourth-order valence-corrected chi connectivity index (χ4v) is 2.00. The minimum Gasteiger partial charge on any atom is -0.497 e. The van der Waals surface area contributed by atoms with E-state index in [1.54, 1.807) is 19.4 Å². The molecular weight excluding hydrogens is 360 g/mol. The summed E-state index contributed by atoms with van der Waals surface area (Å²) in [6.45, 7) is 1.86. The second-order valence-corrected chi connectivity index (χ2v) is 5.62. The van der Waals surface area contributed by atoms with Crippen LogP contribution in [-0.4, -0.2) is 25.8 Å². The molecule has 120 valence electrons. The summed E-state index contributed by atoms with van der Waals surface area (Å²) in [5.74, 6) is 1.08. The van der Waals surface area contributed by atoms with Crippen molar-refractivity contribution in [2.45, 2.75) is 6.92 Å². The van der Waals surface area contributed by atoms with Crippen molar-refractivity contribution < 1.29 is 14.3 Å². The number of hydrazone groups is 1. The van der Waals surface area contributed by atoms with E-state index in [0.29, 0.717) is 5.75 Å². The third-order valence-corrected chi connectivity index (χ3v) is 3.91. The van der Waals surface area contributed by atoms with Gasteiger partial charge in [-0.2, -0.15) is 5.10 Å². The number of carbonyl (C=O) groups is 1. The van der Waals surface area contributed by atoms with Gasteiger partial charge in [0.2, 0.25) is 0 Å². The lowest BCUT2D eigenvalue weighted by Gasteiger charge is -2.06. The highest BCUT2D eigenvalue weighted by molar-refractivity contribution is 9.10. The van der Waals surface area contributed by atoms with E-state index in [4.69, 9.17) is 9.47 Å². The van der Waals surface area contributed by atoms with Gasteiger partial charge < -0.3 is 9.47 Å². The maximum Gasteiger partial charge on any atom is 0.277 e. The second-order valence-electron chi connectivity index (χ2n) is 4.77. The molecule has 0 spiro atoms. The zero-order valence-corrected chi connectivity index (χ0v) is 14.5. The number of benzene rings is 2. The van der Waals surface area contributed by atoms with E-state index >= 15 is 0 Å². The van der Waals surface area contributed by atoms with E-state index in [9.17, 15) is 4.79 Å². The van der Waals surface area contributed by atoms with Crippen LogP contribution in [0.3, 0.4) is 0 Å². The predicted molar refractivity (Wildman–Crippen MR) is 93.1 cm³/mol. The summed E-state index contributed by atoms with van der Waals surface area (Å²) in [6, 6.07) is 12.9. The van der Waals surface area contributed by atoms with Gasteiger partial charge in [0.25, 0.3) is 5.91 Å². The average molecular weight is 377 g/mol. The maximum atomic E-state index is 11.7. The van der Waals surface area contributed by atoms with Crippen LogP contribution in [-0.2, 0) is 4.79 Å². The van der Waals surface area contributed by atoms with E-state index < -0.39 is 0 Å². The standard InChI is InChI=1S/C17H17BrN2O3/c1-12-9-15(7-8-16(12)18)23-11-17(21)20-19-10-13-3-5-14(22-2)6-4-13/h3-10H,11H2,1-2H3,(H,20,21)/b19-10+. The van der Waals surface area contributed by atoms with Crippen LogP contribution in [0, 0.1) is 6.92 Å². The maximum absolute atomic E-state index is 11.7. The summed E-state index contributed by atoms with van der Waals surface area (Å²) in [6.07, 6.45) is 1.56. The Morgan fingerprint density at radius 3 is 2.57 bits per heavy atom. The third-order valence-electron chi connectivity index (χ3n) is 3.02. The van der Waals surface area contributed by atoms with Crippen LogP contribution in [0.2, 0.25) is 0 Å². The molecule has 0 aliphatic carbocycles. The van der Waals surface area contributed by atoms with E-state index in [1.807, 2.05) is 43.3 Å². The molecule has 5 nitrogen and oxygen atoms in total. The first-order chi connectivity index (χ1) is 11.1. The van der Waals surface area contributed by atoms with Crippen LogP contribution in [0.1, 0.15) is 11.1 Å². The lowest BCUT2D eigenvalue weighted by Crippen LogP contribution is -2.24. The minimum absolute atomic E-state index is 0.0962. The minimum atomic E-state index is -0.324. The zero-order valence-electron chi connectivity index (χ0n) is 12.9. The number of rotatable bonds is 6. The Kier molecular flexibility index (Phi) is 6.17. The molecule has 0 aliphatic heterocycles. The largest absolute Gasteiger partial charge is 0.497 e. The zero-order chi connectivity index (χ0) is 16.7. The van der Waals surface area contributed by atoms with E-state index in [0.717, 1.165) is 21.3 Å². The van der Waals surface area contributed by atoms with Crippen molar-refractivity contribution in [3.63, 3.8) is 0 Å². The molecule has 0 saturated heterocycles. The van der Waals surface area contributed by atoms with Crippen LogP contribution < -0.4 is 14.9 Å². The summed E-state index contributed by atoms with van der Waals surface area (Å²) >= 11 is 3.41. The topological polar surface area (TPSA) is 59.9 Å². The second kappa shape index (κ2) is 8.33. The normalized spacial score (nSPS) is 10.6. The molecule has 6 heteroatoms. The Morgan fingerprint density at radius 1 is 1.22 bits per heavy atom. The molecule has 1 N–H and O–H groups in total. The SMILES string of the molecule is COc1ccc(/C=N/NC(=O)COc2ccc(Br)c(C)c2)cc1. The highest BCUT2D eigenvalue weighted by atomic mass is 79.9. The van der Waals surface area contributed by atoms with E-state index in [1.165, 1.54) is 0 Å². The molecule has 1 amide bonds. The monoisotopic (exact) mass is 376 g/mol. The first-order valence-electron chi connectivity index (χ1n) is 6.93. The molecule has 0 atom stereocenters. The molecule has 23 heavy (non-hydrogen) atoms. The van der Waals surface area contributed by atoms with E-state index in [2.05, 4.69) is 26.5 Å². The number of ether oxygens (including phenoxy) is 2. The number of methoxy groups -OCH3 is 1. The molecule has 0 radical (unpaired) electrons. The van der Waals surface area contributed by atoms with Crippen LogP contribution in [0.15, 0.2) is 52.0 Å². The van der Waals surface area contributed by atoms with Crippen molar-refractivity contribution in [3.8, 4) is 11.5 Å². The lowest BCUT2D eigenvalue weighted by molar-refractivity contribution is -0.123.